The van der Waals surface area contributed by atoms with Crippen LogP contribution in [0.5, 0.6) is 0 Å². The summed E-state index contributed by atoms with van der Waals surface area (Å²) in [6, 6.07) is 9.42. The first-order valence-corrected chi connectivity index (χ1v) is 8.78. The van der Waals surface area contributed by atoms with Gasteiger partial charge in [0.1, 0.15) is 11.6 Å². The van der Waals surface area contributed by atoms with Gasteiger partial charge in [-0.15, -0.1) is 0 Å². The summed E-state index contributed by atoms with van der Waals surface area (Å²) in [4.78, 5) is 17.9. The maximum atomic E-state index is 14.8. The van der Waals surface area contributed by atoms with Crippen LogP contribution in [0.2, 0.25) is 5.02 Å². The number of anilines is 1. The minimum atomic E-state index is -1.77. The second-order valence-corrected chi connectivity index (χ2v) is 6.74. The normalized spacial score (nSPS) is 20.1. The van der Waals surface area contributed by atoms with Crippen LogP contribution in [0.15, 0.2) is 48.8 Å². The summed E-state index contributed by atoms with van der Waals surface area (Å²) in [5.41, 5.74) is 1.90. The van der Waals surface area contributed by atoms with Gasteiger partial charge < -0.3 is 0 Å². The third-order valence-corrected chi connectivity index (χ3v) is 5.03. The number of carbonyl (C=O) groups is 1. The number of amides is 1. The van der Waals surface area contributed by atoms with Crippen LogP contribution in [0.4, 0.5) is 14.6 Å². The van der Waals surface area contributed by atoms with E-state index in [2.05, 4.69) is 15.2 Å². The van der Waals surface area contributed by atoms with E-state index in [1.165, 1.54) is 17.0 Å². The number of piperidine rings is 1. The van der Waals surface area contributed by atoms with Gasteiger partial charge in [0, 0.05) is 36.5 Å². The van der Waals surface area contributed by atoms with Gasteiger partial charge in [-0.3, -0.25) is 19.8 Å². The van der Waals surface area contributed by atoms with Crippen LogP contribution in [-0.2, 0) is 4.79 Å². The van der Waals surface area contributed by atoms with Crippen molar-refractivity contribution in [3.8, 4) is 11.3 Å². The highest BCUT2D eigenvalue weighted by Gasteiger charge is 2.39. The Balaban J connectivity index is 1.55. The number of alkyl halides is 1. The fourth-order valence-electron chi connectivity index (χ4n) is 3.28. The summed E-state index contributed by atoms with van der Waals surface area (Å²) in [6.07, 6.45) is 1.87. The molecule has 3 heterocycles. The fraction of sp³-hybridized carbons (Fsp3) is 0.211. The Morgan fingerprint density at radius 1 is 1.19 bits per heavy atom. The molecule has 1 aliphatic heterocycles. The van der Waals surface area contributed by atoms with Gasteiger partial charge in [0.15, 0.2) is 6.17 Å². The molecule has 0 spiro atoms. The van der Waals surface area contributed by atoms with E-state index in [0.29, 0.717) is 30.0 Å². The zero-order valence-electron chi connectivity index (χ0n) is 14.1. The number of rotatable bonds is 3. The van der Waals surface area contributed by atoms with Crippen LogP contribution in [0.3, 0.4) is 0 Å². The van der Waals surface area contributed by atoms with E-state index in [0.717, 1.165) is 5.56 Å². The van der Waals surface area contributed by atoms with Gasteiger partial charge in [-0.25, -0.2) is 8.78 Å². The van der Waals surface area contributed by atoms with Gasteiger partial charge in [0.05, 0.1) is 10.7 Å². The van der Waals surface area contributed by atoms with Crippen molar-refractivity contribution >= 4 is 23.3 Å². The molecular weight excluding hydrogens is 374 g/mol. The van der Waals surface area contributed by atoms with Crippen molar-refractivity contribution in [2.75, 3.05) is 11.4 Å². The van der Waals surface area contributed by atoms with E-state index in [-0.39, 0.29) is 5.02 Å². The van der Waals surface area contributed by atoms with Crippen molar-refractivity contribution in [3.05, 3.63) is 65.2 Å². The molecule has 2 aromatic heterocycles. The average molecular weight is 389 g/mol. The SMILES string of the molecule is O=C1C(F)C(c2ccc(Cl)c(F)c2)CCN1c1cc(-c2ccncc2)n[nH]1. The molecule has 2 unspecified atom stereocenters. The molecule has 2 atom stereocenters. The maximum Gasteiger partial charge on any atom is 0.263 e. The summed E-state index contributed by atoms with van der Waals surface area (Å²) in [7, 11) is 0. The summed E-state index contributed by atoms with van der Waals surface area (Å²) < 4.78 is 28.5. The number of nitrogens with one attached hydrogen (secondary N) is 1. The minimum Gasteiger partial charge on any atom is -0.295 e. The zero-order valence-corrected chi connectivity index (χ0v) is 14.8. The Kier molecular flexibility index (Phi) is 4.61. The van der Waals surface area contributed by atoms with E-state index < -0.39 is 23.8 Å². The van der Waals surface area contributed by atoms with Crippen LogP contribution in [0.1, 0.15) is 17.9 Å². The first-order valence-electron chi connectivity index (χ1n) is 8.41. The summed E-state index contributed by atoms with van der Waals surface area (Å²) in [5.74, 6) is -1.57. The van der Waals surface area contributed by atoms with Gasteiger partial charge in [-0.2, -0.15) is 5.10 Å². The Bertz CT molecular complexity index is 979. The third kappa shape index (κ3) is 3.30. The monoisotopic (exact) mass is 388 g/mol. The average Bonchev–Trinajstić information content (AvgIpc) is 3.17. The Labute approximate surface area is 159 Å². The molecule has 0 aliphatic carbocycles. The molecule has 8 heteroatoms. The lowest BCUT2D eigenvalue weighted by molar-refractivity contribution is -0.125. The van der Waals surface area contributed by atoms with Crippen molar-refractivity contribution in [1.82, 2.24) is 15.2 Å². The molecular formula is C19H15ClF2N4O. The van der Waals surface area contributed by atoms with Crippen molar-refractivity contribution in [1.29, 1.82) is 0 Å². The Morgan fingerprint density at radius 3 is 2.70 bits per heavy atom. The number of carbonyl (C=O) groups excluding carboxylic acids is 1. The van der Waals surface area contributed by atoms with Crippen LogP contribution < -0.4 is 4.90 Å². The predicted molar refractivity (Wildman–Crippen MR) is 97.8 cm³/mol. The third-order valence-electron chi connectivity index (χ3n) is 4.72. The zero-order chi connectivity index (χ0) is 19.0. The molecule has 1 saturated heterocycles. The molecule has 5 nitrogen and oxygen atoms in total. The van der Waals surface area contributed by atoms with E-state index in [1.807, 2.05) is 0 Å². The topological polar surface area (TPSA) is 61.9 Å². The second-order valence-electron chi connectivity index (χ2n) is 6.33. The highest BCUT2D eigenvalue weighted by atomic mass is 35.5. The minimum absolute atomic E-state index is 0.0287. The largest absolute Gasteiger partial charge is 0.295 e. The highest BCUT2D eigenvalue weighted by Crippen LogP contribution is 2.35. The molecule has 27 heavy (non-hydrogen) atoms. The maximum absolute atomic E-state index is 14.8. The lowest BCUT2D eigenvalue weighted by Crippen LogP contribution is -2.46. The standard InChI is InChI=1S/C19H15ClF2N4O/c20-14-2-1-12(9-15(14)21)13-5-8-26(19(27)18(13)22)17-10-16(24-25-17)11-3-6-23-7-4-11/h1-4,6-7,9-10,13,18H,5,8H2,(H,24,25). The number of hydrogen-bond donors (Lipinski definition) is 1. The first-order chi connectivity index (χ1) is 13.0. The fourth-order valence-corrected chi connectivity index (χ4v) is 3.40. The Morgan fingerprint density at radius 2 is 1.96 bits per heavy atom. The van der Waals surface area contributed by atoms with Crippen molar-refractivity contribution in [2.45, 2.75) is 18.5 Å². The van der Waals surface area contributed by atoms with Crippen molar-refractivity contribution in [2.24, 2.45) is 0 Å². The van der Waals surface area contributed by atoms with Gasteiger partial charge in [0.25, 0.3) is 5.91 Å². The van der Waals surface area contributed by atoms with E-state index >= 15 is 0 Å². The number of pyridine rings is 1. The molecule has 0 saturated carbocycles. The number of aromatic amines is 1. The summed E-state index contributed by atoms with van der Waals surface area (Å²) in [5, 5.41) is 6.94. The summed E-state index contributed by atoms with van der Waals surface area (Å²) in [6.45, 7) is 0.298. The molecule has 1 N–H and O–H groups in total. The quantitative estimate of drug-likeness (QED) is 0.734. The molecule has 1 aliphatic rings. The molecule has 3 aromatic rings. The molecule has 4 rings (SSSR count). The lowest BCUT2D eigenvalue weighted by Gasteiger charge is -2.33. The lowest BCUT2D eigenvalue weighted by atomic mass is 9.87. The first kappa shape index (κ1) is 17.6. The van der Waals surface area contributed by atoms with Crippen LogP contribution >= 0.6 is 11.6 Å². The van der Waals surface area contributed by atoms with Gasteiger partial charge >= 0.3 is 0 Å². The van der Waals surface area contributed by atoms with Crippen molar-refractivity contribution in [3.63, 3.8) is 0 Å². The number of H-pyrrole nitrogens is 1. The number of aromatic nitrogens is 3. The molecule has 1 amide bonds. The number of benzene rings is 1. The second kappa shape index (κ2) is 7.08. The van der Waals surface area contributed by atoms with E-state index in [9.17, 15) is 13.6 Å². The van der Waals surface area contributed by atoms with Gasteiger partial charge in [0.2, 0.25) is 0 Å². The number of hydrogen-bond acceptors (Lipinski definition) is 3. The molecule has 1 fully saturated rings. The van der Waals surface area contributed by atoms with E-state index in [1.54, 1.807) is 36.7 Å². The van der Waals surface area contributed by atoms with Crippen molar-refractivity contribution < 1.29 is 13.6 Å². The van der Waals surface area contributed by atoms with Crippen LogP contribution in [0, 0.1) is 5.82 Å². The van der Waals surface area contributed by atoms with Crippen LogP contribution in [-0.4, -0.2) is 33.8 Å². The molecule has 0 radical (unpaired) electrons. The molecule has 0 bridgehead atoms. The highest BCUT2D eigenvalue weighted by molar-refractivity contribution is 6.30. The number of halogens is 3. The van der Waals surface area contributed by atoms with E-state index in [4.69, 9.17) is 11.6 Å². The Hall–Kier alpha value is -2.80. The molecule has 1 aromatic carbocycles. The number of nitrogens with zero attached hydrogens (tertiary/aromatic N) is 3. The van der Waals surface area contributed by atoms with Crippen LogP contribution in [0.25, 0.3) is 11.3 Å². The predicted octanol–water partition coefficient (Wildman–Crippen LogP) is 4.12. The van der Waals surface area contributed by atoms with Gasteiger partial charge in [-0.1, -0.05) is 17.7 Å². The molecule has 138 valence electrons. The van der Waals surface area contributed by atoms with Gasteiger partial charge in [-0.05, 0) is 36.2 Å². The smallest absolute Gasteiger partial charge is 0.263 e. The summed E-state index contributed by atoms with van der Waals surface area (Å²) >= 11 is 5.68.